The predicted octanol–water partition coefficient (Wildman–Crippen LogP) is 1.68. The molecule has 3 rings (SSSR count). The molecule has 1 aromatic heterocycles. The highest BCUT2D eigenvalue weighted by atomic mass is 32.2. The first kappa shape index (κ1) is 21.9. The van der Waals surface area contributed by atoms with Crippen LogP contribution in [0, 0.1) is 6.92 Å². The summed E-state index contributed by atoms with van der Waals surface area (Å²) in [7, 11) is -3.95. The van der Waals surface area contributed by atoms with E-state index in [1.54, 1.807) is 0 Å². The van der Waals surface area contributed by atoms with Gasteiger partial charge in [-0.1, -0.05) is 29.8 Å². The number of hydrogen-bond donors (Lipinski definition) is 2. The molecule has 2 N–H and O–H groups in total. The summed E-state index contributed by atoms with van der Waals surface area (Å²) < 4.78 is 26.9. The highest BCUT2D eigenvalue weighted by molar-refractivity contribution is 7.90. The molecule has 9 nitrogen and oxygen atoms in total. The lowest BCUT2D eigenvalue weighted by Crippen LogP contribution is -2.28. The molecule has 1 heterocycles. The molecule has 10 heteroatoms. The van der Waals surface area contributed by atoms with Crippen molar-refractivity contribution in [2.75, 3.05) is 5.32 Å². The second-order valence-corrected chi connectivity index (χ2v) is 8.52. The molecule has 3 aromatic rings. The summed E-state index contributed by atoms with van der Waals surface area (Å²) in [5.41, 5.74) is 2.36. The number of sulfonamides is 1. The number of amides is 2. The Bertz CT molecular complexity index is 1280. The van der Waals surface area contributed by atoms with Gasteiger partial charge in [-0.15, -0.1) is 0 Å². The third-order valence-electron chi connectivity index (χ3n) is 4.27. The van der Waals surface area contributed by atoms with Crippen molar-refractivity contribution in [1.82, 2.24) is 14.3 Å². The lowest BCUT2D eigenvalue weighted by atomic mass is 10.1. The van der Waals surface area contributed by atoms with Crippen molar-refractivity contribution in [1.29, 1.82) is 0 Å². The molecule has 0 spiro atoms. The molecule has 0 saturated carbocycles. The van der Waals surface area contributed by atoms with Crippen LogP contribution in [0.1, 0.15) is 12.5 Å². The average molecular weight is 440 g/mol. The molecule has 0 saturated heterocycles. The van der Waals surface area contributed by atoms with Crippen LogP contribution in [0.2, 0.25) is 0 Å². The number of carbonyl (C=O) groups is 2. The van der Waals surface area contributed by atoms with E-state index in [4.69, 9.17) is 0 Å². The van der Waals surface area contributed by atoms with E-state index in [1.807, 2.05) is 35.9 Å². The number of nitrogens with one attached hydrogen (secondary N) is 2. The minimum atomic E-state index is -3.95. The number of hydrogen-bond acceptors (Lipinski definition) is 6. The van der Waals surface area contributed by atoms with Gasteiger partial charge in [0.05, 0.1) is 16.9 Å². The van der Waals surface area contributed by atoms with Crippen LogP contribution >= 0.6 is 0 Å². The highest BCUT2D eigenvalue weighted by Gasteiger charge is 2.15. The summed E-state index contributed by atoms with van der Waals surface area (Å²) >= 11 is 0. The van der Waals surface area contributed by atoms with Crippen LogP contribution in [0.15, 0.2) is 70.6 Å². The number of aryl methyl sites for hydroxylation is 1. The average Bonchev–Trinajstić information content (AvgIpc) is 2.69. The van der Waals surface area contributed by atoms with Crippen LogP contribution in [0.25, 0.3) is 11.3 Å². The predicted molar refractivity (Wildman–Crippen MR) is 115 cm³/mol. The van der Waals surface area contributed by atoms with Crippen LogP contribution in [0.5, 0.6) is 0 Å². The summed E-state index contributed by atoms with van der Waals surface area (Å²) in [6.07, 6.45) is 1.31. The smallest absolute Gasteiger partial charge is 0.264 e. The monoisotopic (exact) mass is 440 g/mol. The van der Waals surface area contributed by atoms with Gasteiger partial charge >= 0.3 is 0 Å². The third kappa shape index (κ3) is 5.64. The quantitative estimate of drug-likeness (QED) is 0.600. The topological polar surface area (TPSA) is 127 Å². The molecule has 0 bridgehead atoms. The van der Waals surface area contributed by atoms with E-state index in [9.17, 15) is 22.8 Å². The summed E-state index contributed by atoms with van der Waals surface area (Å²) in [5.74, 6) is -1.19. The Morgan fingerprint density at radius 1 is 1.03 bits per heavy atom. The molecule has 0 unspecified atom stereocenters. The standard InChI is InChI=1S/C21H20N4O5S/c1-14-3-5-16(6-4-14)19-11-21(28)25(13-22-19)12-20(27)23-17-7-9-18(10-8-17)31(29,30)24-15(2)26/h3-11,13H,12H2,1-2H3,(H,23,27)(H,24,26). The third-order valence-corrected chi connectivity index (χ3v) is 5.72. The van der Waals surface area contributed by atoms with E-state index in [0.717, 1.165) is 18.1 Å². The normalized spacial score (nSPS) is 11.0. The molecule has 0 atom stereocenters. The Balaban J connectivity index is 1.67. The summed E-state index contributed by atoms with van der Waals surface area (Å²) in [6, 6.07) is 14.2. The lowest BCUT2D eigenvalue weighted by molar-refractivity contribution is -0.117. The van der Waals surface area contributed by atoms with Gasteiger partial charge in [0, 0.05) is 24.2 Å². The van der Waals surface area contributed by atoms with Crippen molar-refractivity contribution < 1.29 is 18.0 Å². The maximum atomic E-state index is 12.4. The molecule has 0 fully saturated rings. The first-order valence-electron chi connectivity index (χ1n) is 9.21. The number of rotatable bonds is 6. The van der Waals surface area contributed by atoms with Crippen molar-refractivity contribution in [3.63, 3.8) is 0 Å². The van der Waals surface area contributed by atoms with Crippen LogP contribution in [0.3, 0.4) is 0 Å². The number of benzene rings is 2. The zero-order chi connectivity index (χ0) is 22.6. The van der Waals surface area contributed by atoms with Gasteiger partial charge in [0.1, 0.15) is 6.54 Å². The summed E-state index contributed by atoms with van der Waals surface area (Å²) in [6.45, 7) is 2.80. The number of carbonyl (C=O) groups excluding carboxylic acids is 2. The van der Waals surface area contributed by atoms with Crippen molar-refractivity contribution >= 4 is 27.5 Å². The molecule has 2 aromatic carbocycles. The Hall–Kier alpha value is -3.79. The van der Waals surface area contributed by atoms with Crippen molar-refractivity contribution in [3.05, 3.63) is 76.8 Å². The van der Waals surface area contributed by atoms with Gasteiger partial charge in [-0.2, -0.15) is 0 Å². The van der Waals surface area contributed by atoms with Gasteiger partial charge < -0.3 is 5.32 Å². The molecule has 0 aliphatic carbocycles. The Labute approximate surface area is 178 Å². The second-order valence-electron chi connectivity index (χ2n) is 6.84. The zero-order valence-corrected chi connectivity index (χ0v) is 17.6. The van der Waals surface area contributed by atoms with Gasteiger partial charge in [0.25, 0.3) is 15.6 Å². The van der Waals surface area contributed by atoms with E-state index in [-0.39, 0.29) is 17.0 Å². The minimum absolute atomic E-state index is 0.118. The van der Waals surface area contributed by atoms with Gasteiger partial charge in [-0.05, 0) is 31.2 Å². The van der Waals surface area contributed by atoms with Gasteiger partial charge in [0.2, 0.25) is 11.8 Å². The fourth-order valence-corrected chi connectivity index (χ4v) is 3.74. The van der Waals surface area contributed by atoms with Gasteiger partial charge in [0.15, 0.2) is 0 Å². The molecule has 31 heavy (non-hydrogen) atoms. The Kier molecular flexibility index (Phi) is 6.30. The fraction of sp³-hybridized carbons (Fsp3) is 0.143. The molecule has 0 radical (unpaired) electrons. The summed E-state index contributed by atoms with van der Waals surface area (Å²) in [4.78, 5) is 39.7. The molecular weight excluding hydrogens is 420 g/mol. The van der Waals surface area contributed by atoms with Gasteiger partial charge in [-0.25, -0.2) is 18.1 Å². The fourth-order valence-electron chi connectivity index (χ4n) is 2.75. The number of nitrogens with zero attached hydrogens (tertiary/aromatic N) is 2. The minimum Gasteiger partial charge on any atom is -0.325 e. The van der Waals surface area contributed by atoms with Crippen LogP contribution in [0.4, 0.5) is 5.69 Å². The second kappa shape index (κ2) is 8.92. The molecule has 2 amide bonds. The van der Waals surface area contributed by atoms with Crippen molar-refractivity contribution in [2.45, 2.75) is 25.3 Å². The molecule has 160 valence electrons. The van der Waals surface area contributed by atoms with Crippen LogP contribution in [-0.4, -0.2) is 29.8 Å². The first-order chi connectivity index (χ1) is 14.6. The maximum absolute atomic E-state index is 12.4. The van der Waals surface area contributed by atoms with Crippen LogP contribution in [-0.2, 0) is 26.2 Å². The molecule has 0 aliphatic rings. The van der Waals surface area contributed by atoms with Crippen molar-refractivity contribution in [3.8, 4) is 11.3 Å². The van der Waals surface area contributed by atoms with E-state index in [2.05, 4.69) is 10.3 Å². The Morgan fingerprint density at radius 3 is 2.26 bits per heavy atom. The first-order valence-corrected chi connectivity index (χ1v) is 10.7. The van der Waals surface area contributed by atoms with E-state index >= 15 is 0 Å². The molecular formula is C21H20N4O5S. The number of aromatic nitrogens is 2. The molecule has 0 aliphatic heterocycles. The SMILES string of the molecule is CC(=O)NS(=O)(=O)c1ccc(NC(=O)Cn2cnc(-c3ccc(C)cc3)cc2=O)cc1. The maximum Gasteiger partial charge on any atom is 0.264 e. The highest BCUT2D eigenvalue weighted by Crippen LogP contribution is 2.16. The number of anilines is 1. The van der Waals surface area contributed by atoms with Gasteiger partial charge in [-0.3, -0.25) is 19.0 Å². The van der Waals surface area contributed by atoms with Crippen molar-refractivity contribution in [2.24, 2.45) is 0 Å². The summed E-state index contributed by atoms with van der Waals surface area (Å²) in [5, 5.41) is 2.58. The van der Waals surface area contributed by atoms with E-state index in [1.165, 1.54) is 41.2 Å². The Morgan fingerprint density at radius 2 is 1.68 bits per heavy atom. The lowest BCUT2D eigenvalue weighted by Gasteiger charge is -2.09. The largest absolute Gasteiger partial charge is 0.325 e. The van der Waals surface area contributed by atoms with E-state index < -0.39 is 21.8 Å². The zero-order valence-electron chi connectivity index (χ0n) is 16.8. The van der Waals surface area contributed by atoms with E-state index in [0.29, 0.717) is 11.4 Å². The van der Waals surface area contributed by atoms with Crippen LogP contribution < -0.4 is 15.6 Å².